The number of carbonyl (C=O) groups is 2. The van der Waals surface area contributed by atoms with Crippen molar-refractivity contribution in [3.05, 3.63) is 30.6 Å². The minimum absolute atomic E-state index is 0.148. The number of H-pyrrole nitrogens is 1. The summed E-state index contributed by atoms with van der Waals surface area (Å²) in [5.74, 6) is -1.53. The molecule has 0 bridgehead atoms. The molecule has 0 aliphatic rings. The van der Waals surface area contributed by atoms with Crippen molar-refractivity contribution >= 4 is 17.7 Å². The lowest BCUT2D eigenvalue weighted by Crippen LogP contribution is -2.25. The second-order valence-corrected chi connectivity index (χ2v) is 3.58. The summed E-state index contributed by atoms with van der Waals surface area (Å²) in [6, 6.07) is 5.21. The van der Waals surface area contributed by atoms with Crippen LogP contribution in [0, 0.1) is 0 Å². The Balaban J connectivity index is 2.06. The zero-order valence-electron chi connectivity index (χ0n) is 10.2. The van der Waals surface area contributed by atoms with Crippen molar-refractivity contribution < 1.29 is 14.3 Å². The summed E-state index contributed by atoms with van der Waals surface area (Å²) >= 11 is 0. The van der Waals surface area contributed by atoms with Gasteiger partial charge in [0.1, 0.15) is 0 Å². The average Bonchev–Trinajstić information content (AvgIpc) is 2.88. The lowest BCUT2D eigenvalue weighted by molar-refractivity contribution is -0.152. The molecule has 1 amide bonds. The van der Waals surface area contributed by atoms with Crippen molar-refractivity contribution in [1.82, 2.24) is 15.2 Å². The van der Waals surface area contributed by atoms with Gasteiger partial charge in [-0.3, -0.25) is 20.2 Å². The quantitative estimate of drug-likeness (QED) is 0.633. The fraction of sp³-hybridized carbons (Fsp3) is 0.167. The number of carbonyl (C=O) groups excluding carboxylic acids is 2. The van der Waals surface area contributed by atoms with Crippen LogP contribution in [-0.2, 0) is 14.3 Å². The van der Waals surface area contributed by atoms with Gasteiger partial charge in [0.2, 0.25) is 0 Å². The van der Waals surface area contributed by atoms with E-state index < -0.39 is 11.9 Å². The molecule has 0 aliphatic carbocycles. The largest absolute Gasteiger partial charge is 0.459 e. The SMILES string of the molecule is CCOC(=O)C(=O)Nc1cc(-c2ccncc2)[nH]n1. The number of amides is 1. The van der Waals surface area contributed by atoms with Gasteiger partial charge in [-0.05, 0) is 19.1 Å². The molecule has 2 N–H and O–H groups in total. The summed E-state index contributed by atoms with van der Waals surface area (Å²) in [5, 5.41) is 8.99. The topological polar surface area (TPSA) is 97.0 Å². The van der Waals surface area contributed by atoms with E-state index in [1.807, 2.05) is 0 Å². The van der Waals surface area contributed by atoms with E-state index in [1.165, 1.54) is 0 Å². The van der Waals surface area contributed by atoms with Crippen LogP contribution in [0.4, 0.5) is 5.82 Å². The van der Waals surface area contributed by atoms with E-state index >= 15 is 0 Å². The molecule has 0 aliphatic heterocycles. The number of nitrogens with zero attached hydrogens (tertiary/aromatic N) is 2. The molecule has 2 rings (SSSR count). The van der Waals surface area contributed by atoms with Crippen LogP contribution in [-0.4, -0.2) is 33.7 Å². The first-order valence-electron chi connectivity index (χ1n) is 5.64. The first kappa shape index (κ1) is 12.7. The highest BCUT2D eigenvalue weighted by Crippen LogP contribution is 2.18. The Kier molecular flexibility index (Phi) is 3.87. The van der Waals surface area contributed by atoms with E-state index in [-0.39, 0.29) is 12.4 Å². The van der Waals surface area contributed by atoms with Crippen molar-refractivity contribution in [2.75, 3.05) is 11.9 Å². The van der Waals surface area contributed by atoms with Crippen molar-refractivity contribution in [1.29, 1.82) is 0 Å². The van der Waals surface area contributed by atoms with E-state index in [2.05, 4.69) is 25.2 Å². The van der Waals surface area contributed by atoms with E-state index in [4.69, 9.17) is 0 Å². The molecule has 0 saturated carbocycles. The number of ether oxygens (including phenoxy) is 1. The van der Waals surface area contributed by atoms with Gasteiger partial charge in [0.05, 0.1) is 12.3 Å². The second-order valence-electron chi connectivity index (χ2n) is 3.58. The lowest BCUT2D eigenvalue weighted by Gasteiger charge is -2.00. The maximum absolute atomic E-state index is 11.4. The van der Waals surface area contributed by atoms with Crippen molar-refractivity contribution in [3.8, 4) is 11.3 Å². The van der Waals surface area contributed by atoms with Crippen LogP contribution in [0.5, 0.6) is 0 Å². The molecule has 0 unspecified atom stereocenters. The van der Waals surface area contributed by atoms with Crippen LogP contribution in [0.1, 0.15) is 6.92 Å². The number of aromatic nitrogens is 3. The Morgan fingerprint density at radius 3 is 2.79 bits per heavy atom. The summed E-state index contributed by atoms with van der Waals surface area (Å²) in [6.07, 6.45) is 3.29. The molecule has 0 aromatic carbocycles. The van der Waals surface area contributed by atoms with Gasteiger partial charge in [-0.15, -0.1) is 0 Å². The fourth-order valence-corrected chi connectivity index (χ4v) is 1.43. The van der Waals surface area contributed by atoms with E-state index in [0.29, 0.717) is 5.69 Å². The Hall–Kier alpha value is -2.70. The zero-order chi connectivity index (χ0) is 13.7. The molecule has 2 aromatic heterocycles. The van der Waals surface area contributed by atoms with Crippen LogP contribution in [0.2, 0.25) is 0 Å². The maximum Gasteiger partial charge on any atom is 0.397 e. The molecule has 0 atom stereocenters. The van der Waals surface area contributed by atoms with Crippen molar-refractivity contribution in [2.45, 2.75) is 6.92 Å². The zero-order valence-corrected chi connectivity index (χ0v) is 10.2. The molecular weight excluding hydrogens is 248 g/mol. The molecular formula is C12H12N4O3. The molecule has 0 saturated heterocycles. The third-order valence-electron chi connectivity index (χ3n) is 2.27. The maximum atomic E-state index is 11.4. The Labute approximate surface area is 109 Å². The summed E-state index contributed by atoms with van der Waals surface area (Å²) in [4.78, 5) is 26.4. The summed E-state index contributed by atoms with van der Waals surface area (Å²) in [6.45, 7) is 1.77. The molecule has 98 valence electrons. The number of hydrogen-bond acceptors (Lipinski definition) is 5. The highest BCUT2D eigenvalue weighted by Gasteiger charge is 2.16. The van der Waals surface area contributed by atoms with Gasteiger partial charge in [-0.1, -0.05) is 0 Å². The van der Waals surface area contributed by atoms with Crippen molar-refractivity contribution in [2.24, 2.45) is 0 Å². The molecule has 2 aromatic rings. The van der Waals surface area contributed by atoms with E-state index in [9.17, 15) is 9.59 Å². The van der Waals surface area contributed by atoms with Gasteiger partial charge >= 0.3 is 11.9 Å². The van der Waals surface area contributed by atoms with Gasteiger partial charge in [-0.25, -0.2) is 4.79 Å². The first-order chi connectivity index (χ1) is 9.20. The van der Waals surface area contributed by atoms with Gasteiger partial charge in [0.15, 0.2) is 5.82 Å². The Bertz CT molecular complexity index is 580. The minimum atomic E-state index is -0.934. The van der Waals surface area contributed by atoms with E-state index in [0.717, 1.165) is 5.56 Å². The Morgan fingerprint density at radius 1 is 1.37 bits per heavy atom. The molecule has 7 nitrogen and oxygen atoms in total. The van der Waals surface area contributed by atoms with Crippen LogP contribution < -0.4 is 5.32 Å². The van der Waals surface area contributed by atoms with Gasteiger partial charge in [-0.2, -0.15) is 5.10 Å². The molecule has 0 fully saturated rings. The molecule has 0 radical (unpaired) electrons. The third-order valence-corrected chi connectivity index (χ3v) is 2.27. The standard InChI is InChI=1S/C12H12N4O3/c1-2-19-12(18)11(17)14-10-7-9(15-16-10)8-3-5-13-6-4-8/h3-7H,2H2,1H3,(H2,14,15,16,17). The van der Waals surface area contributed by atoms with E-state index in [1.54, 1.807) is 37.5 Å². The highest BCUT2D eigenvalue weighted by molar-refractivity contribution is 6.37. The fourth-order valence-electron chi connectivity index (χ4n) is 1.43. The third kappa shape index (κ3) is 3.15. The van der Waals surface area contributed by atoms with Gasteiger partial charge < -0.3 is 4.74 Å². The summed E-state index contributed by atoms with van der Waals surface area (Å²) in [5.41, 5.74) is 1.58. The number of aromatic amines is 1. The number of esters is 1. The number of nitrogens with one attached hydrogen (secondary N) is 2. The number of anilines is 1. The van der Waals surface area contributed by atoms with Crippen molar-refractivity contribution in [3.63, 3.8) is 0 Å². The van der Waals surface area contributed by atoms with Crippen LogP contribution in [0.25, 0.3) is 11.3 Å². The average molecular weight is 260 g/mol. The summed E-state index contributed by atoms with van der Waals surface area (Å²) in [7, 11) is 0. The van der Waals surface area contributed by atoms with Gasteiger partial charge in [0, 0.05) is 24.0 Å². The van der Waals surface area contributed by atoms with Crippen LogP contribution in [0.15, 0.2) is 30.6 Å². The second kappa shape index (κ2) is 5.76. The smallest absolute Gasteiger partial charge is 0.397 e. The number of rotatable bonds is 3. The number of hydrogen-bond donors (Lipinski definition) is 2. The van der Waals surface area contributed by atoms with Crippen LogP contribution in [0.3, 0.4) is 0 Å². The Morgan fingerprint density at radius 2 is 2.11 bits per heavy atom. The molecule has 19 heavy (non-hydrogen) atoms. The first-order valence-corrected chi connectivity index (χ1v) is 5.64. The summed E-state index contributed by atoms with van der Waals surface area (Å²) < 4.78 is 4.57. The van der Waals surface area contributed by atoms with Gasteiger partial charge in [0.25, 0.3) is 0 Å². The molecule has 2 heterocycles. The minimum Gasteiger partial charge on any atom is -0.459 e. The van der Waals surface area contributed by atoms with Crippen LogP contribution >= 0.6 is 0 Å². The predicted molar refractivity (Wildman–Crippen MR) is 67.1 cm³/mol. The molecule has 0 spiro atoms. The monoisotopic (exact) mass is 260 g/mol. The number of pyridine rings is 1. The normalized spacial score (nSPS) is 9.95. The lowest BCUT2D eigenvalue weighted by atomic mass is 10.2. The molecule has 7 heteroatoms. The predicted octanol–water partition coefficient (Wildman–Crippen LogP) is 0.973. The highest BCUT2D eigenvalue weighted by atomic mass is 16.5.